The van der Waals surface area contributed by atoms with Gasteiger partial charge in [0.15, 0.2) is 4.96 Å². The van der Waals surface area contributed by atoms with Gasteiger partial charge in [0, 0.05) is 50.0 Å². The van der Waals surface area contributed by atoms with Gasteiger partial charge in [-0.05, 0) is 67.3 Å². The first kappa shape index (κ1) is 22.6. The lowest BCUT2D eigenvalue weighted by Gasteiger charge is -2.28. The maximum absolute atomic E-state index is 14.7. The highest BCUT2D eigenvalue weighted by Crippen LogP contribution is 2.32. The molecule has 2 N–H and O–H groups in total. The molecule has 35 heavy (non-hydrogen) atoms. The van der Waals surface area contributed by atoms with Gasteiger partial charge in [0.25, 0.3) is 5.91 Å². The second-order valence-corrected chi connectivity index (χ2v) is 10.4. The SMILES string of the molecule is O=C(NCCCN1CCC(F)CC1)c1ccc2c(c1)sc1nc(-c3cc4c(cc3F)CNC4)cn12. The number of fused-ring (bicyclic) bond motifs is 4. The van der Waals surface area contributed by atoms with Crippen LogP contribution in [0.3, 0.4) is 0 Å². The summed E-state index contributed by atoms with van der Waals surface area (Å²) in [6, 6.07) is 9.12. The van der Waals surface area contributed by atoms with Crippen molar-refractivity contribution in [1.29, 1.82) is 0 Å². The summed E-state index contributed by atoms with van der Waals surface area (Å²) in [5, 5.41) is 6.24. The number of imidazole rings is 1. The number of halogens is 2. The number of nitrogens with one attached hydrogen (secondary N) is 2. The molecule has 0 spiro atoms. The monoisotopic (exact) mass is 495 g/mol. The Morgan fingerprint density at radius 1 is 1.17 bits per heavy atom. The van der Waals surface area contributed by atoms with Crippen LogP contribution in [-0.2, 0) is 13.1 Å². The highest BCUT2D eigenvalue weighted by molar-refractivity contribution is 7.23. The number of amides is 1. The highest BCUT2D eigenvalue weighted by Gasteiger charge is 2.20. The fraction of sp³-hybridized carbons (Fsp3) is 0.385. The van der Waals surface area contributed by atoms with Gasteiger partial charge in [0.2, 0.25) is 0 Å². The highest BCUT2D eigenvalue weighted by atomic mass is 32.1. The van der Waals surface area contributed by atoms with Gasteiger partial charge in [-0.1, -0.05) is 11.3 Å². The molecule has 2 aromatic carbocycles. The van der Waals surface area contributed by atoms with E-state index in [0.717, 1.165) is 58.9 Å². The first-order chi connectivity index (χ1) is 17.0. The summed E-state index contributed by atoms with van der Waals surface area (Å²) < 4.78 is 30.9. The van der Waals surface area contributed by atoms with Gasteiger partial charge in [0.05, 0.1) is 15.9 Å². The second kappa shape index (κ2) is 9.29. The molecular weight excluding hydrogens is 468 g/mol. The average Bonchev–Trinajstić information content (AvgIpc) is 3.56. The van der Waals surface area contributed by atoms with E-state index in [0.29, 0.717) is 42.8 Å². The van der Waals surface area contributed by atoms with Gasteiger partial charge in [-0.15, -0.1) is 0 Å². The zero-order valence-electron chi connectivity index (χ0n) is 19.3. The Balaban J connectivity index is 1.14. The minimum Gasteiger partial charge on any atom is -0.352 e. The number of benzene rings is 2. The van der Waals surface area contributed by atoms with Gasteiger partial charge >= 0.3 is 0 Å². The fourth-order valence-electron chi connectivity index (χ4n) is 5.02. The summed E-state index contributed by atoms with van der Waals surface area (Å²) in [6.45, 7) is 4.50. The van der Waals surface area contributed by atoms with Gasteiger partial charge in [-0.2, -0.15) is 0 Å². The van der Waals surface area contributed by atoms with E-state index < -0.39 is 6.17 Å². The van der Waals surface area contributed by atoms with E-state index in [1.807, 2.05) is 34.9 Å². The molecule has 0 atom stereocenters. The Hall–Kier alpha value is -2.88. The van der Waals surface area contributed by atoms with Crippen LogP contribution in [0.25, 0.3) is 26.4 Å². The molecule has 2 aliphatic rings. The van der Waals surface area contributed by atoms with Crippen LogP contribution in [0.1, 0.15) is 40.7 Å². The number of thiazole rings is 1. The summed E-state index contributed by atoms with van der Waals surface area (Å²) in [7, 11) is 0. The smallest absolute Gasteiger partial charge is 0.251 e. The van der Waals surface area contributed by atoms with E-state index in [1.54, 1.807) is 6.07 Å². The second-order valence-electron chi connectivity index (χ2n) is 9.39. The third kappa shape index (κ3) is 4.44. The first-order valence-corrected chi connectivity index (χ1v) is 13.0. The molecule has 1 saturated heterocycles. The van der Waals surface area contributed by atoms with E-state index in [-0.39, 0.29) is 11.7 Å². The van der Waals surface area contributed by atoms with Crippen LogP contribution in [0.2, 0.25) is 0 Å². The van der Waals surface area contributed by atoms with E-state index >= 15 is 0 Å². The lowest BCUT2D eigenvalue weighted by molar-refractivity contribution is 0.0950. The van der Waals surface area contributed by atoms with Crippen molar-refractivity contribution in [2.45, 2.75) is 38.5 Å². The predicted octanol–water partition coefficient (Wildman–Crippen LogP) is 4.51. The Labute approximate surface area is 206 Å². The lowest BCUT2D eigenvalue weighted by atomic mass is 10.0. The van der Waals surface area contributed by atoms with Crippen molar-refractivity contribution < 1.29 is 13.6 Å². The standard InChI is InChI=1S/C26H27F2N5OS/c27-19-4-8-32(9-5-19)7-1-6-30-25(34)16-2-3-23-24(12-16)35-26-31-22(15-33(23)26)20-10-17-13-29-14-18(17)11-21(20)28/h2-3,10-12,15,19,29H,1,4-9,13-14H2,(H,30,34). The number of hydrogen-bond acceptors (Lipinski definition) is 5. The molecule has 182 valence electrons. The summed E-state index contributed by atoms with van der Waals surface area (Å²) in [5.74, 6) is -0.358. The molecule has 2 aliphatic heterocycles. The number of rotatable bonds is 6. The topological polar surface area (TPSA) is 61.7 Å². The van der Waals surface area contributed by atoms with Crippen LogP contribution >= 0.6 is 11.3 Å². The molecule has 4 aromatic rings. The number of alkyl halides is 1. The van der Waals surface area contributed by atoms with Crippen molar-refractivity contribution >= 4 is 32.4 Å². The summed E-state index contributed by atoms with van der Waals surface area (Å²) in [6.07, 6.45) is 3.27. The number of aromatic nitrogens is 2. The van der Waals surface area contributed by atoms with Crippen molar-refractivity contribution in [1.82, 2.24) is 24.9 Å². The minimum absolute atomic E-state index is 0.102. The molecule has 1 amide bonds. The molecule has 9 heteroatoms. The molecule has 0 radical (unpaired) electrons. The number of hydrogen-bond donors (Lipinski definition) is 2. The molecule has 0 aliphatic carbocycles. The normalized spacial score (nSPS) is 16.9. The molecule has 6 nitrogen and oxygen atoms in total. The van der Waals surface area contributed by atoms with Crippen LogP contribution in [0.15, 0.2) is 36.5 Å². The predicted molar refractivity (Wildman–Crippen MR) is 134 cm³/mol. The third-order valence-electron chi connectivity index (χ3n) is 7.01. The molecule has 0 unspecified atom stereocenters. The summed E-state index contributed by atoms with van der Waals surface area (Å²) in [4.78, 5) is 20.4. The molecule has 2 aromatic heterocycles. The number of nitrogens with zero attached hydrogens (tertiary/aromatic N) is 3. The summed E-state index contributed by atoms with van der Waals surface area (Å²) in [5.41, 5.74) is 4.80. The summed E-state index contributed by atoms with van der Waals surface area (Å²) >= 11 is 1.49. The van der Waals surface area contributed by atoms with E-state index in [2.05, 4.69) is 20.5 Å². The van der Waals surface area contributed by atoms with Crippen LogP contribution in [0.5, 0.6) is 0 Å². The Kier molecular flexibility index (Phi) is 5.99. The largest absolute Gasteiger partial charge is 0.352 e. The van der Waals surface area contributed by atoms with E-state index in [1.165, 1.54) is 11.3 Å². The molecule has 6 rings (SSSR count). The molecule has 0 saturated carbocycles. The van der Waals surface area contributed by atoms with Crippen molar-refractivity contribution in [2.24, 2.45) is 0 Å². The Morgan fingerprint density at radius 2 is 1.97 bits per heavy atom. The quantitative estimate of drug-likeness (QED) is 0.387. The van der Waals surface area contributed by atoms with Crippen molar-refractivity contribution in [2.75, 3.05) is 26.2 Å². The van der Waals surface area contributed by atoms with Crippen molar-refractivity contribution in [3.8, 4) is 11.3 Å². The third-order valence-corrected chi connectivity index (χ3v) is 8.02. The molecule has 1 fully saturated rings. The van der Waals surface area contributed by atoms with Crippen LogP contribution in [0, 0.1) is 5.82 Å². The van der Waals surface area contributed by atoms with Gasteiger partial charge in [-0.3, -0.25) is 9.20 Å². The number of carbonyl (C=O) groups excluding carboxylic acids is 1. The zero-order valence-corrected chi connectivity index (χ0v) is 20.1. The Bertz CT molecular complexity index is 1410. The number of piperidine rings is 1. The minimum atomic E-state index is -0.662. The van der Waals surface area contributed by atoms with Crippen molar-refractivity contribution in [3.05, 3.63) is 59.0 Å². The van der Waals surface area contributed by atoms with Crippen molar-refractivity contribution in [3.63, 3.8) is 0 Å². The van der Waals surface area contributed by atoms with Gasteiger partial charge in [-0.25, -0.2) is 13.8 Å². The maximum atomic E-state index is 14.7. The van der Waals surface area contributed by atoms with E-state index in [4.69, 9.17) is 0 Å². The molecule has 0 bridgehead atoms. The van der Waals surface area contributed by atoms with Crippen LogP contribution in [-0.4, -0.2) is 52.5 Å². The van der Waals surface area contributed by atoms with Gasteiger partial charge < -0.3 is 15.5 Å². The molecular formula is C26H27F2N5OS. The Morgan fingerprint density at radius 3 is 2.80 bits per heavy atom. The van der Waals surface area contributed by atoms with Crippen LogP contribution < -0.4 is 10.6 Å². The average molecular weight is 496 g/mol. The van der Waals surface area contributed by atoms with E-state index in [9.17, 15) is 13.6 Å². The number of carbonyl (C=O) groups is 1. The van der Waals surface area contributed by atoms with Gasteiger partial charge in [0.1, 0.15) is 12.0 Å². The fourth-order valence-corrected chi connectivity index (χ4v) is 6.07. The van der Waals surface area contributed by atoms with Crippen LogP contribution in [0.4, 0.5) is 8.78 Å². The molecule has 4 heterocycles. The maximum Gasteiger partial charge on any atom is 0.251 e. The zero-order chi connectivity index (χ0) is 23.9. The number of likely N-dealkylation sites (tertiary alicyclic amines) is 1. The lowest BCUT2D eigenvalue weighted by Crippen LogP contribution is -2.36. The first-order valence-electron chi connectivity index (χ1n) is 12.1.